The SMILES string of the molecule is Cc1cccc2c(=O)n(CCCC(=O)NCC(C)(C)N3CCOCC3)cnc12. The van der Waals surface area contributed by atoms with Gasteiger partial charge < -0.3 is 10.1 Å². The van der Waals surface area contributed by atoms with Gasteiger partial charge in [0, 0.05) is 38.1 Å². The number of carbonyl (C=O) groups excluding carboxylic acids is 1. The number of hydrogen-bond donors (Lipinski definition) is 1. The van der Waals surface area contributed by atoms with E-state index in [0.717, 1.165) is 37.4 Å². The summed E-state index contributed by atoms with van der Waals surface area (Å²) in [6, 6.07) is 5.62. The molecule has 28 heavy (non-hydrogen) atoms. The molecular formula is C21H30N4O3. The number of aromatic nitrogens is 2. The molecule has 1 aliphatic heterocycles. The second-order valence-electron chi connectivity index (χ2n) is 8.01. The van der Waals surface area contributed by atoms with Gasteiger partial charge in [0.1, 0.15) is 0 Å². The van der Waals surface area contributed by atoms with Gasteiger partial charge in [-0.3, -0.25) is 19.1 Å². The zero-order chi connectivity index (χ0) is 20.1. The highest BCUT2D eigenvalue weighted by atomic mass is 16.5. The molecule has 7 heteroatoms. The van der Waals surface area contributed by atoms with E-state index in [1.165, 1.54) is 0 Å². The molecule has 1 amide bonds. The van der Waals surface area contributed by atoms with Gasteiger partial charge in [0.05, 0.1) is 30.4 Å². The first-order valence-electron chi connectivity index (χ1n) is 9.93. The summed E-state index contributed by atoms with van der Waals surface area (Å²) in [4.78, 5) is 31.6. The number of benzene rings is 1. The van der Waals surface area contributed by atoms with Gasteiger partial charge in [-0.1, -0.05) is 12.1 Å². The van der Waals surface area contributed by atoms with E-state index < -0.39 is 0 Å². The molecule has 152 valence electrons. The van der Waals surface area contributed by atoms with Crippen LogP contribution in [-0.4, -0.2) is 58.7 Å². The van der Waals surface area contributed by atoms with Crippen molar-refractivity contribution in [3.05, 3.63) is 40.4 Å². The highest BCUT2D eigenvalue weighted by Gasteiger charge is 2.28. The predicted molar refractivity (Wildman–Crippen MR) is 109 cm³/mol. The van der Waals surface area contributed by atoms with Crippen molar-refractivity contribution in [3.63, 3.8) is 0 Å². The van der Waals surface area contributed by atoms with Crippen LogP contribution < -0.4 is 10.9 Å². The first-order valence-corrected chi connectivity index (χ1v) is 9.93. The van der Waals surface area contributed by atoms with Crippen LogP contribution in [0.3, 0.4) is 0 Å². The molecule has 0 unspecified atom stereocenters. The number of fused-ring (bicyclic) bond motifs is 1. The van der Waals surface area contributed by atoms with E-state index >= 15 is 0 Å². The summed E-state index contributed by atoms with van der Waals surface area (Å²) in [5.74, 6) is 0.0129. The molecule has 3 rings (SSSR count). The summed E-state index contributed by atoms with van der Waals surface area (Å²) in [5, 5.41) is 3.66. The van der Waals surface area contributed by atoms with Crippen LogP contribution in [-0.2, 0) is 16.1 Å². The number of rotatable bonds is 7. The van der Waals surface area contributed by atoms with Crippen molar-refractivity contribution >= 4 is 16.8 Å². The topological polar surface area (TPSA) is 76.5 Å². The third-order valence-corrected chi connectivity index (χ3v) is 5.44. The van der Waals surface area contributed by atoms with Crippen LogP contribution in [0.5, 0.6) is 0 Å². The summed E-state index contributed by atoms with van der Waals surface area (Å²) in [6.07, 6.45) is 2.57. The van der Waals surface area contributed by atoms with Gasteiger partial charge in [-0.05, 0) is 38.8 Å². The maximum Gasteiger partial charge on any atom is 0.261 e. The molecule has 1 saturated heterocycles. The van der Waals surface area contributed by atoms with E-state index in [1.807, 2.05) is 19.1 Å². The zero-order valence-corrected chi connectivity index (χ0v) is 17.0. The maximum atomic E-state index is 12.6. The fourth-order valence-electron chi connectivity index (χ4n) is 3.59. The minimum Gasteiger partial charge on any atom is -0.379 e. The number of amides is 1. The second kappa shape index (κ2) is 8.84. The van der Waals surface area contributed by atoms with E-state index in [0.29, 0.717) is 31.3 Å². The van der Waals surface area contributed by atoms with E-state index in [-0.39, 0.29) is 17.0 Å². The first kappa shape index (κ1) is 20.5. The normalized spacial score (nSPS) is 15.7. The van der Waals surface area contributed by atoms with Gasteiger partial charge in [-0.2, -0.15) is 0 Å². The van der Waals surface area contributed by atoms with Crippen molar-refractivity contribution in [1.29, 1.82) is 0 Å². The Balaban J connectivity index is 1.49. The van der Waals surface area contributed by atoms with E-state index in [2.05, 4.69) is 29.0 Å². The Morgan fingerprint density at radius 1 is 1.29 bits per heavy atom. The standard InChI is InChI=1S/C21H30N4O3/c1-16-6-4-7-17-19(16)23-15-24(20(17)27)9-5-8-18(26)22-14-21(2,3)25-10-12-28-13-11-25/h4,6-7,15H,5,8-14H2,1-3H3,(H,22,26). The van der Waals surface area contributed by atoms with Crippen molar-refractivity contribution in [2.75, 3.05) is 32.8 Å². The van der Waals surface area contributed by atoms with Crippen molar-refractivity contribution < 1.29 is 9.53 Å². The summed E-state index contributed by atoms with van der Waals surface area (Å²) in [7, 11) is 0. The van der Waals surface area contributed by atoms with E-state index in [9.17, 15) is 9.59 Å². The Hall–Kier alpha value is -2.25. The predicted octanol–water partition coefficient (Wildman–Crippen LogP) is 1.71. The molecule has 0 aliphatic carbocycles. The van der Waals surface area contributed by atoms with Gasteiger partial charge in [0.25, 0.3) is 5.56 Å². The molecule has 1 aromatic heterocycles. The van der Waals surface area contributed by atoms with Gasteiger partial charge in [0.15, 0.2) is 0 Å². The number of nitrogens with one attached hydrogen (secondary N) is 1. The Kier molecular flexibility index (Phi) is 6.46. The van der Waals surface area contributed by atoms with Gasteiger partial charge in [0.2, 0.25) is 5.91 Å². The molecule has 0 radical (unpaired) electrons. The second-order valence-corrected chi connectivity index (χ2v) is 8.01. The number of carbonyl (C=O) groups is 1. The Labute approximate surface area is 165 Å². The molecule has 1 aliphatic rings. The van der Waals surface area contributed by atoms with Crippen LogP contribution in [0.2, 0.25) is 0 Å². The molecule has 0 atom stereocenters. The van der Waals surface area contributed by atoms with Gasteiger partial charge in [-0.15, -0.1) is 0 Å². The molecule has 1 aromatic carbocycles. The summed E-state index contributed by atoms with van der Waals surface area (Å²) in [5.41, 5.74) is 1.58. The van der Waals surface area contributed by atoms with Crippen LogP contribution >= 0.6 is 0 Å². The van der Waals surface area contributed by atoms with Crippen molar-refractivity contribution in [2.24, 2.45) is 0 Å². The lowest BCUT2D eigenvalue weighted by atomic mass is 10.0. The minimum absolute atomic E-state index is 0.0129. The number of aryl methyl sites for hydroxylation is 2. The fraction of sp³-hybridized carbons (Fsp3) is 0.571. The maximum absolute atomic E-state index is 12.6. The van der Waals surface area contributed by atoms with Gasteiger partial charge in [-0.25, -0.2) is 4.98 Å². The van der Waals surface area contributed by atoms with Crippen LogP contribution in [0.15, 0.2) is 29.3 Å². The summed E-state index contributed by atoms with van der Waals surface area (Å²) >= 11 is 0. The van der Waals surface area contributed by atoms with Crippen LogP contribution in [0.25, 0.3) is 10.9 Å². The molecule has 2 aromatic rings. The monoisotopic (exact) mass is 386 g/mol. The molecule has 1 N–H and O–H groups in total. The smallest absolute Gasteiger partial charge is 0.261 e. The van der Waals surface area contributed by atoms with Crippen LogP contribution in [0.4, 0.5) is 0 Å². The summed E-state index contributed by atoms with van der Waals surface area (Å²) in [6.45, 7) is 10.6. The van der Waals surface area contributed by atoms with E-state index in [4.69, 9.17) is 4.74 Å². The van der Waals surface area contributed by atoms with Crippen molar-refractivity contribution in [2.45, 2.75) is 45.7 Å². The van der Waals surface area contributed by atoms with E-state index in [1.54, 1.807) is 17.0 Å². The van der Waals surface area contributed by atoms with Gasteiger partial charge >= 0.3 is 0 Å². The molecule has 0 saturated carbocycles. The quantitative estimate of drug-likeness (QED) is 0.784. The number of para-hydroxylation sites is 1. The third-order valence-electron chi connectivity index (χ3n) is 5.44. The highest BCUT2D eigenvalue weighted by molar-refractivity contribution is 5.80. The first-order chi connectivity index (χ1) is 13.4. The number of morpholine rings is 1. The molecular weight excluding hydrogens is 356 g/mol. The highest BCUT2D eigenvalue weighted by Crippen LogP contribution is 2.15. The third kappa shape index (κ3) is 4.77. The number of nitrogens with zero attached hydrogens (tertiary/aromatic N) is 3. The Bertz CT molecular complexity index is 885. The molecule has 0 spiro atoms. The lowest BCUT2D eigenvalue weighted by Crippen LogP contribution is -2.55. The number of hydrogen-bond acceptors (Lipinski definition) is 5. The largest absolute Gasteiger partial charge is 0.379 e. The van der Waals surface area contributed by atoms with Crippen molar-refractivity contribution in [1.82, 2.24) is 19.8 Å². The molecule has 2 heterocycles. The molecule has 0 bridgehead atoms. The lowest BCUT2D eigenvalue weighted by molar-refractivity contribution is -0.122. The number of ether oxygens (including phenoxy) is 1. The molecule has 7 nitrogen and oxygen atoms in total. The fourth-order valence-corrected chi connectivity index (χ4v) is 3.59. The average Bonchev–Trinajstić information content (AvgIpc) is 2.69. The lowest BCUT2D eigenvalue weighted by Gasteiger charge is -2.40. The van der Waals surface area contributed by atoms with Crippen LogP contribution in [0.1, 0.15) is 32.3 Å². The van der Waals surface area contributed by atoms with Crippen LogP contribution in [0, 0.1) is 6.92 Å². The Morgan fingerprint density at radius 3 is 2.79 bits per heavy atom. The average molecular weight is 386 g/mol. The Morgan fingerprint density at radius 2 is 2.04 bits per heavy atom. The minimum atomic E-state index is -0.101. The zero-order valence-electron chi connectivity index (χ0n) is 17.0. The molecule has 1 fully saturated rings. The van der Waals surface area contributed by atoms with Crippen molar-refractivity contribution in [3.8, 4) is 0 Å². The summed E-state index contributed by atoms with van der Waals surface area (Å²) < 4.78 is 6.99.